The Balaban J connectivity index is 1.41. The lowest BCUT2D eigenvalue weighted by Crippen LogP contribution is -2.32. The van der Waals surface area contributed by atoms with Crippen molar-refractivity contribution in [3.8, 4) is 0 Å². The zero-order valence-electron chi connectivity index (χ0n) is 13.5. The molecule has 134 valence electrons. The molecule has 3 aromatic rings. The Morgan fingerprint density at radius 1 is 1.31 bits per heavy atom. The van der Waals surface area contributed by atoms with Crippen LogP contribution in [-0.2, 0) is 16.1 Å². The van der Waals surface area contributed by atoms with Crippen molar-refractivity contribution in [2.75, 3.05) is 11.4 Å². The van der Waals surface area contributed by atoms with Crippen LogP contribution in [0.3, 0.4) is 0 Å². The van der Waals surface area contributed by atoms with Gasteiger partial charge in [0, 0.05) is 42.5 Å². The van der Waals surface area contributed by atoms with Gasteiger partial charge < -0.3 is 10.2 Å². The van der Waals surface area contributed by atoms with Crippen molar-refractivity contribution >= 4 is 33.8 Å². The number of rotatable bonds is 4. The van der Waals surface area contributed by atoms with Crippen LogP contribution in [0.4, 0.5) is 14.5 Å². The Bertz CT molecular complexity index is 951. The SMILES string of the molecule is O=C(NCc1cn2ccsc2n1)C1CC(=O)N(c2cc(F)cc(F)c2)C1. The van der Waals surface area contributed by atoms with Crippen molar-refractivity contribution in [3.05, 3.63) is 53.3 Å². The third kappa shape index (κ3) is 3.17. The van der Waals surface area contributed by atoms with Gasteiger partial charge in [0.25, 0.3) is 0 Å². The Morgan fingerprint density at radius 2 is 2.08 bits per heavy atom. The summed E-state index contributed by atoms with van der Waals surface area (Å²) in [6.07, 6.45) is 3.71. The molecule has 1 atom stereocenters. The molecule has 1 fully saturated rings. The predicted octanol–water partition coefficient (Wildman–Crippen LogP) is 2.34. The number of nitrogens with one attached hydrogen (secondary N) is 1. The van der Waals surface area contributed by atoms with Crippen LogP contribution in [0.25, 0.3) is 4.96 Å². The summed E-state index contributed by atoms with van der Waals surface area (Å²) in [5, 5.41) is 4.69. The van der Waals surface area contributed by atoms with Gasteiger partial charge in [-0.15, -0.1) is 11.3 Å². The van der Waals surface area contributed by atoms with Gasteiger partial charge in [-0.2, -0.15) is 0 Å². The fraction of sp³-hybridized carbons (Fsp3) is 0.235. The van der Waals surface area contributed by atoms with Crippen LogP contribution < -0.4 is 10.2 Å². The van der Waals surface area contributed by atoms with Crippen LogP contribution in [0, 0.1) is 17.6 Å². The second-order valence-electron chi connectivity index (χ2n) is 6.08. The van der Waals surface area contributed by atoms with E-state index in [2.05, 4.69) is 10.3 Å². The maximum Gasteiger partial charge on any atom is 0.227 e. The zero-order chi connectivity index (χ0) is 18.3. The second-order valence-corrected chi connectivity index (χ2v) is 6.95. The second kappa shape index (κ2) is 6.49. The fourth-order valence-corrected chi connectivity index (χ4v) is 3.73. The number of aromatic nitrogens is 2. The first-order chi connectivity index (χ1) is 12.5. The predicted molar refractivity (Wildman–Crippen MR) is 91.7 cm³/mol. The molecule has 0 radical (unpaired) electrons. The van der Waals surface area contributed by atoms with Crippen LogP contribution >= 0.6 is 11.3 Å². The van der Waals surface area contributed by atoms with E-state index in [1.807, 2.05) is 22.2 Å². The highest BCUT2D eigenvalue weighted by molar-refractivity contribution is 7.15. The maximum absolute atomic E-state index is 13.4. The highest BCUT2D eigenvalue weighted by Crippen LogP contribution is 2.26. The molecule has 1 aliphatic heterocycles. The molecule has 1 unspecified atom stereocenters. The van der Waals surface area contributed by atoms with E-state index in [9.17, 15) is 18.4 Å². The molecule has 26 heavy (non-hydrogen) atoms. The number of hydrogen-bond acceptors (Lipinski definition) is 4. The molecule has 1 aliphatic rings. The number of anilines is 1. The van der Waals surface area contributed by atoms with Crippen LogP contribution in [0.15, 0.2) is 36.0 Å². The highest BCUT2D eigenvalue weighted by atomic mass is 32.1. The van der Waals surface area contributed by atoms with Gasteiger partial charge in [-0.25, -0.2) is 13.8 Å². The molecule has 0 bridgehead atoms. The standard InChI is InChI=1S/C17H14F2N4O2S/c18-11-4-12(19)6-14(5-11)23-8-10(3-15(23)24)16(25)20-7-13-9-22-1-2-26-17(22)21-13/h1-2,4-6,9-10H,3,7-8H2,(H,20,25). The topological polar surface area (TPSA) is 66.7 Å². The Morgan fingerprint density at radius 3 is 2.81 bits per heavy atom. The molecular formula is C17H14F2N4O2S. The van der Waals surface area contributed by atoms with E-state index in [4.69, 9.17) is 0 Å². The van der Waals surface area contributed by atoms with Crippen LogP contribution in [0.2, 0.25) is 0 Å². The molecular weight excluding hydrogens is 362 g/mol. The van der Waals surface area contributed by atoms with Gasteiger partial charge in [0.15, 0.2) is 4.96 Å². The van der Waals surface area contributed by atoms with E-state index in [1.54, 1.807) is 0 Å². The van der Waals surface area contributed by atoms with Gasteiger partial charge in [0.2, 0.25) is 11.8 Å². The number of fused-ring (bicyclic) bond motifs is 1. The lowest BCUT2D eigenvalue weighted by atomic mass is 10.1. The number of benzene rings is 1. The molecule has 4 rings (SSSR count). The normalized spacial score (nSPS) is 17.2. The minimum absolute atomic E-state index is 0.00223. The molecule has 1 N–H and O–H groups in total. The molecule has 9 heteroatoms. The van der Waals surface area contributed by atoms with Crippen molar-refractivity contribution in [2.45, 2.75) is 13.0 Å². The van der Waals surface area contributed by atoms with E-state index in [-0.39, 0.29) is 37.0 Å². The first-order valence-corrected chi connectivity index (χ1v) is 8.83. The van der Waals surface area contributed by atoms with Crippen LogP contribution in [0.5, 0.6) is 0 Å². The monoisotopic (exact) mass is 376 g/mol. The number of amides is 2. The lowest BCUT2D eigenvalue weighted by molar-refractivity contribution is -0.126. The Kier molecular flexibility index (Phi) is 4.15. The van der Waals surface area contributed by atoms with Gasteiger partial charge in [-0.3, -0.25) is 14.0 Å². The van der Waals surface area contributed by atoms with Crippen molar-refractivity contribution in [1.29, 1.82) is 0 Å². The number of halogens is 2. The molecule has 3 heterocycles. The van der Waals surface area contributed by atoms with Gasteiger partial charge >= 0.3 is 0 Å². The zero-order valence-corrected chi connectivity index (χ0v) is 14.3. The Labute approximate surface area is 151 Å². The summed E-state index contributed by atoms with van der Waals surface area (Å²) < 4.78 is 28.6. The van der Waals surface area contributed by atoms with Gasteiger partial charge in [0.05, 0.1) is 18.2 Å². The van der Waals surface area contributed by atoms with Crippen LogP contribution in [0.1, 0.15) is 12.1 Å². The molecule has 1 aromatic carbocycles. The number of thiazole rings is 1. The summed E-state index contributed by atoms with van der Waals surface area (Å²) in [4.78, 5) is 31.0. The van der Waals surface area contributed by atoms with E-state index >= 15 is 0 Å². The molecule has 2 amide bonds. The minimum atomic E-state index is -0.763. The van der Waals surface area contributed by atoms with Gasteiger partial charge in [-0.1, -0.05) is 0 Å². The minimum Gasteiger partial charge on any atom is -0.350 e. The van der Waals surface area contributed by atoms with Crippen molar-refractivity contribution in [1.82, 2.24) is 14.7 Å². The molecule has 2 aromatic heterocycles. The average Bonchev–Trinajstić information content (AvgIpc) is 3.25. The molecule has 0 aliphatic carbocycles. The largest absolute Gasteiger partial charge is 0.350 e. The quantitative estimate of drug-likeness (QED) is 0.760. The van der Waals surface area contributed by atoms with E-state index in [0.717, 1.165) is 28.9 Å². The maximum atomic E-state index is 13.4. The third-order valence-corrected chi connectivity index (χ3v) is 5.01. The first-order valence-electron chi connectivity index (χ1n) is 7.95. The Hall–Kier alpha value is -2.81. The highest BCUT2D eigenvalue weighted by Gasteiger charge is 2.35. The van der Waals surface area contributed by atoms with E-state index < -0.39 is 17.6 Å². The summed E-state index contributed by atoms with van der Waals surface area (Å²) in [7, 11) is 0. The smallest absolute Gasteiger partial charge is 0.227 e. The molecule has 0 saturated carbocycles. The summed E-state index contributed by atoms with van der Waals surface area (Å²) >= 11 is 1.49. The summed E-state index contributed by atoms with van der Waals surface area (Å²) in [6, 6.07) is 2.90. The number of nitrogens with zero attached hydrogens (tertiary/aromatic N) is 3. The van der Waals surface area contributed by atoms with Gasteiger partial charge in [0.1, 0.15) is 11.6 Å². The summed E-state index contributed by atoms with van der Waals surface area (Å²) in [5.74, 6) is -2.72. The molecule has 6 nitrogen and oxygen atoms in total. The lowest BCUT2D eigenvalue weighted by Gasteiger charge is -2.17. The van der Waals surface area contributed by atoms with Crippen molar-refractivity contribution in [3.63, 3.8) is 0 Å². The molecule has 1 saturated heterocycles. The number of hydrogen-bond donors (Lipinski definition) is 1. The van der Waals surface area contributed by atoms with Crippen molar-refractivity contribution in [2.24, 2.45) is 5.92 Å². The van der Waals surface area contributed by atoms with Crippen molar-refractivity contribution < 1.29 is 18.4 Å². The van der Waals surface area contributed by atoms with E-state index in [0.29, 0.717) is 0 Å². The molecule has 0 spiro atoms. The number of imidazole rings is 1. The number of carbonyl (C=O) groups is 2. The number of carbonyl (C=O) groups excluding carboxylic acids is 2. The van der Waals surface area contributed by atoms with E-state index in [1.165, 1.54) is 16.2 Å². The van der Waals surface area contributed by atoms with Gasteiger partial charge in [-0.05, 0) is 12.1 Å². The first kappa shape index (κ1) is 16.6. The fourth-order valence-electron chi connectivity index (χ4n) is 3.01. The summed E-state index contributed by atoms with van der Waals surface area (Å²) in [5.41, 5.74) is 0.843. The van der Waals surface area contributed by atoms with Crippen LogP contribution in [-0.4, -0.2) is 27.7 Å². The third-order valence-electron chi connectivity index (χ3n) is 4.24. The average molecular weight is 376 g/mol. The summed E-state index contributed by atoms with van der Waals surface area (Å²) in [6.45, 7) is 0.346.